The first-order valence-corrected chi connectivity index (χ1v) is 5.98. The summed E-state index contributed by atoms with van der Waals surface area (Å²) in [6, 6.07) is 0.00852. The van der Waals surface area contributed by atoms with Crippen LogP contribution in [0.1, 0.15) is 27.2 Å². The van der Waals surface area contributed by atoms with Gasteiger partial charge < -0.3 is 11.1 Å². The first kappa shape index (κ1) is 18.3. The molecule has 1 amide bonds. The fourth-order valence-electron chi connectivity index (χ4n) is 1.45. The summed E-state index contributed by atoms with van der Waals surface area (Å²) in [6.45, 7) is 5.60. The van der Waals surface area contributed by atoms with Crippen LogP contribution in [0.15, 0.2) is 12.4 Å². The molecule has 0 bridgehead atoms. The zero-order chi connectivity index (χ0) is 14.6. The maximum atomic E-state index is 12.0. The Bertz CT molecular complexity index is 472. The van der Waals surface area contributed by atoms with Gasteiger partial charge in [0.15, 0.2) is 0 Å². The summed E-state index contributed by atoms with van der Waals surface area (Å²) in [6.07, 6.45) is 3.03. The summed E-state index contributed by atoms with van der Waals surface area (Å²) in [7, 11) is 0. The van der Waals surface area contributed by atoms with Crippen molar-refractivity contribution in [2.75, 3.05) is 6.54 Å². The van der Waals surface area contributed by atoms with Crippen molar-refractivity contribution in [3.05, 3.63) is 22.5 Å². The van der Waals surface area contributed by atoms with Crippen LogP contribution in [0.3, 0.4) is 0 Å². The fraction of sp³-hybridized carbons (Fsp3) is 0.636. The van der Waals surface area contributed by atoms with Crippen molar-refractivity contribution in [3.63, 3.8) is 0 Å². The number of nitrogens with zero attached hydrogens (tertiary/aromatic N) is 3. The third kappa shape index (κ3) is 4.46. The number of amides is 1. The highest BCUT2D eigenvalue weighted by Crippen LogP contribution is 2.18. The molecule has 1 unspecified atom stereocenters. The second-order valence-electron chi connectivity index (χ2n) is 4.98. The molecule has 1 rings (SSSR count). The molecule has 114 valence electrons. The van der Waals surface area contributed by atoms with Crippen LogP contribution in [0, 0.1) is 10.1 Å². The van der Waals surface area contributed by atoms with Gasteiger partial charge in [-0.1, -0.05) is 0 Å². The van der Waals surface area contributed by atoms with Crippen LogP contribution >= 0.6 is 12.4 Å². The normalized spacial score (nSPS) is 12.4. The largest absolute Gasteiger partial charge is 0.354 e. The Labute approximate surface area is 123 Å². The first-order valence-electron chi connectivity index (χ1n) is 5.98. The predicted octanol–water partition coefficient (Wildman–Crippen LogP) is 0.802. The molecule has 0 aliphatic heterocycles. The van der Waals surface area contributed by atoms with Crippen LogP contribution in [0.25, 0.3) is 0 Å². The topological polar surface area (TPSA) is 116 Å². The van der Waals surface area contributed by atoms with E-state index in [4.69, 9.17) is 5.73 Å². The van der Waals surface area contributed by atoms with Crippen molar-refractivity contribution < 1.29 is 9.72 Å². The molecule has 9 heteroatoms. The lowest BCUT2D eigenvalue weighted by Crippen LogP contribution is -2.45. The van der Waals surface area contributed by atoms with Gasteiger partial charge in [0.2, 0.25) is 5.91 Å². The Morgan fingerprint density at radius 2 is 2.25 bits per heavy atom. The zero-order valence-corrected chi connectivity index (χ0v) is 12.5. The Balaban J connectivity index is 0.00000361. The minimum absolute atomic E-state index is 0. The molecule has 0 spiro atoms. The SMILES string of the molecule is CC(N)CCNC(=O)C(C)(C)n1cc([N+](=O)[O-])cn1.Cl. The number of carbonyl (C=O) groups is 1. The standard InChI is InChI=1S/C11H19N5O3.ClH/c1-8(12)4-5-13-10(17)11(2,3)15-7-9(6-14-15)16(18)19;/h6-8H,4-5,12H2,1-3H3,(H,13,17);1H. The lowest BCUT2D eigenvalue weighted by atomic mass is 10.0. The number of nitrogens with one attached hydrogen (secondary N) is 1. The average Bonchev–Trinajstić information content (AvgIpc) is 2.78. The molecular weight excluding hydrogens is 286 g/mol. The number of halogens is 1. The molecule has 0 saturated carbocycles. The number of rotatable bonds is 6. The number of nitro groups is 1. The minimum atomic E-state index is -0.994. The molecule has 0 aliphatic carbocycles. The number of hydrogen-bond donors (Lipinski definition) is 2. The smallest absolute Gasteiger partial charge is 0.307 e. The van der Waals surface area contributed by atoms with Crippen molar-refractivity contribution in [1.82, 2.24) is 15.1 Å². The molecule has 1 aromatic heterocycles. The molecular formula is C11H20ClN5O3. The van der Waals surface area contributed by atoms with Crippen molar-refractivity contribution >= 4 is 24.0 Å². The number of carbonyl (C=O) groups excluding carboxylic acids is 1. The maximum absolute atomic E-state index is 12.0. The number of aromatic nitrogens is 2. The van der Waals surface area contributed by atoms with E-state index in [0.29, 0.717) is 13.0 Å². The molecule has 1 aromatic rings. The average molecular weight is 306 g/mol. The van der Waals surface area contributed by atoms with E-state index in [9.17, 15) is 14.9 Å². The summed E-state index contributed by atoms with van der Waals surface area (Å²) < 4.78 is 1.28. The Hall–Kier alpha value is -1.67. The highest BCUT2D eigenvalue weighted by molar-refractivity contribution is 5.85. The van der Waals surface area contributed by atoms with Crippen molar-refractivity contribution in [2.45, 2.75) is 38.8 Å². The highest BCUT2D eigenvalue weighted by atomic mass is 35.5. The van der Waals surface area contributed by atoms with Crippen LogP contribution in [-0.4, -0.2) is 33.2 Å². The third-order valence-electron chi connectivity index (χ3n) is 2.79. The van der Waals surface area contributed by atoms with Crippen molar-refractivity contribution in [2.24, 2.45) is 5.73 Å². The van der Waals surface area contributed by atoms with Gasteiger partial charge in [0.05, 0.1) is 4.92 Å². The van der Waals surface area contributed by atoms with Crippen LogP contribution in [-0.2, 0) is 10.3 Å². The molecule has 1 atom stereocenters. The van der Waals surface area contributed by atoms with E-state index in [1.165, 1.54) is 10.9 Å². The van der Waals surface area contributed by atoms with E-state index in [1.807, 2.05) is 6.92 Å². The molecule has 20 heavy (non-hydrogen) atoms. The van der Waals surface area contributed by atoms with E-state index in [-0.39, 0.29) is 30.0 Å². The number of hydrogen-bond acceptors (Lipinski definition) is 5. The van der Waals surface area contributed by atoms with E-state index in [0.717, 1.165) is 6.20 Å². The molecule has 0 fully saturated rings. The zero-order valence-electron chi connectivity index (χ0n) is 11.7. The number of nitrogens with two attached hydrogens (primary N) is 1. The summed E-state index contributed by atoms with van der Waals surface area (Å²) in [4.78, 5) is 22.1. The quantitative estimate of drug-likeness (QED) is 0.595. The van der Waals surface area contributed by atoms with Gasteiger partial charge in [-0.2, -0.15) is 5.10 Å². The molecule has 1 heterocycles. The Morgan fingerprint density at radius 1 is 1.65 bits per heavy atom. The van der Waals surface area contributed by atoms with E-state index < -0.39 is 10.5 Å². The Kier molecular flexibility index (Phi) is 6.60. The van der Waals surface area contributed by atoms with Gasteiger partial charge in [-0.25, -0.2) is 0 Å². The van der Waals surface area contributed by atoms with Gasteiger partial charge in [0.1, 0.15) is 17.9 Å². The molecule has 0 radical (unpaired) electrons. The molecule has 3 N–H and O–H groups in total. The van der Waals surface area contributed by atoms with Crippen LogP contribution in [0.4, 0.5) is 5.69 Å². The van der Waals surface area contributed by atoms with Gasteiger partial charge in [-0.15, -0.1) is 12.4 Å². The summed E-state index contributed by atoms with van der Waals surface area (Å²) in [5, 5.41) is 17.2. The maximum Gasteiger partial charge on any atom is 0.307 e. The molecule has 0 saturated heterocycles. The summed E-state index contributed by atoms with van der Waals surface area (Å²) in [5.74, 6) is -0.258. The van der Waals surface area contributed by atoms with Gasteiger partial charge in [0.25, 0.3) is 0 Å². The summed E-state index contributed by atoms with van der Waals surface area (Å²) >= 11 is 0. The van der Waals surface area contributed by atoms with Crippen LogP contribution < -0.4 is 11.1 Å². The third-order valence-corrected chi connectivity index (χ3v) is 2.79. The monoisotopic (exact) mass is 305 g/mol. The van der Waals surface area contributed by atoms with E-state index in [1.54, 1.807) is 13.8 Å². The van der Waals surface area contributed by atoms with Crippen LogP contribution in [0.5, 0.6) is 0 Å². The fourth-order valence-corrected chi connectivity index (χ4v) is 1.45. The first-order chi connectivity index (χ1) is 8.75. The second-order valence-corrected chi connectivity index (χ2v) is 4.98. The van der Waals surface area contributed by atoms with Crippen molar-refractivity contribution in [1.29, 1.82) is 0 Å². The van der Waals surface area contributed by atoms with Gasteiger partial charge in [-0.3, -0.25) is 19.6 Å². The molecule has 8 nitrogen and oxygen atoms in total. The lowest BCUT2D eigenvalue weighted by Gasteiger charge is -2.24. The van der Waals surface area contributed by atoms with Gasteiger partial charge in [0, 0.05) is 12.6 Å². The summed E-state index contributed by atoms with van der Waals surface area (Å²) in [5.41, 5.74) is 4.46. The van der Waals surface area contributed by atoms with E-state index in [2.05, 4.69) is 10.4 Å². The second kappa shape index (κ2) is 7.20. The highest BCUT2D eigenvalue weighted by Gasteiger charge is 2.31. The van der Waals surface area contributed by atoms with Crippen LogP contribution in [0.2, 0.25) is 0 Å². The van der Waals surface area contributed by atoms with E-state index >= 15 is 0 Å². The minimum Gasteiger partial charge on any atom is -0.354 e. The molecule has 0 aliphatic rings. The van der Waals surface area contributed by atoms with Gasteiger partial charge in [-0.05, 0) is 27.2 Å². The Morgan fingerprint density at radius 3 is 2.70 bits per heavy atom. The predicted molar refractivity (Wildman–Crippen MR) is 76.7 cm³/mol. The lowest BCUT2D eigenvalue weighted by molar-refractivity contribution is -0.385. The van der Waals surface area contributed by atoms with Gasteiger partial charge >= 0.3 is 5.69 Å². The molecule has 0 aromatic carbocycles. The van der Waals surface area contributed by atoms with Crippen molar-refractivity contribution in [3.8, 4) is 0 Å².